The lowest BCUT2D eigenvalue weighted by Crippen LogP contribution is -2.49. The van der Waals surface area contributed by atoms with E-state index in [1.807, 2.05) is 19.9 Å². The lowest BCUT2D eigenvalue weighted by Gasteiger charge is -2.39. The topological polar surface area (TPSA) is 89.7 Å². The van der Waals surface area contributed by atoms with Crippen LogP contribution < -0.4 is 19.7 Å². The van der Waals surface area contributed by atoms with Crippen LogP contribution >= 0.6 is 11.3 Å². The van der Waals surface area contributed by atoms with Crippen molar-refractivity contribution >= 4 is 32.5 Å². The van der Waals surface area contributed by atoms with Crippen molar-refractivity contribution in [2.45, 2.75) is 102 Å². The summed E-state index contributed by atoms with van der Waals surface area (Å²) in [6.07, 6.45) is 1.03. The highest BCUT2D eigenvalue weighted by Crippen LogP contribution is 2.47. The highest BCUT2D eigenvalue weighted by molar-refractivity contribution is 7.22. The van der Waals surface area contributed by atoms with Crippen LogP contribution in [-0.4, -0.2) is 46.5 Å². The molecule has 2 aromatic carbocycles. The number of hydrogen-bond donors (Lipinski definition) is 1. The molecule has 1 N–H and O–H groups in total. The Kier molecular flexibility index (Phi) is 7.76. The predicted molar refractivity (Wildman–Crippen MR) is 165 cm³/mol. The van der Waals surface area contributed by atoms with Gasteiger partial charge in [-0.1, -0.05) is 28.6 Å². The molecule has 4 aromatic rings. The number of nitrogens with one attached hydrogen (secondary N) is 1. The number of halogens is 3. The van der Waals surface area contributed by atoms with Gasteiger partial charge in [-0.3, -0.25) is 4.79 Å². The number of ether oxygens (including phenoxy) is 2. The summed E-state index contributed by atoms with van der Waals surface area (Å²) in [4.78, 5) is 19.7. The van der Waals surface area contributed by atoms with Crippen LogP contribution in [0, 0.1) is 0 Å². The molecule has 0 spiro atoms. The summed E-state index contributed by atoms with van der Waals surface area (Å²) in [6.45, 7) is 5.93. The van der Waals surface area contributed by atoms with Gasteiger partial charge in [0.1, 0.15) is 28.5 Å². The number of benzene rings is 2. The zero-order valence-electron chi connectivity index (χ0n) is 25.3. The van der Waals surface area contributed by atoms with Gasteiger partial charge in [0.25, 0.3) is 0 Å². The number of carbonyl (C=O) groups is 1. The molecule has 12 heteroatoms. The Balaban J connectivity index is 1.11. The highest BCUT2D eigenvalue weighted by atomic mass is 32.1. The summed E-state index contributed by atoms with van der Waals surface area (Å²) < 4.78 is 56.6. The second-order valence-electron chi connectivity index (χ2n) is 12.6. The average molecular weight is 641 g/mol. The molecule has 45 heavy (non-hydrogen) atoms. The first-order valence-corrected chi connectivity index (χ1v) is 16.3. The second-order valence-corrected chi connectivity index (χ2v) is 13.6. The standard InChI is InChI=1S/C33H35F3N4O4S/c1-17(2)42-27-12-20(18(3)41)13-28-30(27)38-32(45-28)40-22-10-11-23(40)15-21(14-22)37-16-25-29(39-44-31(25)19-8-9-19)24-6-4-5-7-26(24)43-33(34,35)36/h4-7,12-13,17,19,21-23,37H,8-11,14-16H2,1-3H3. The molecule has 8 nitrogen and oxygen atoms in total. The second kappa shape index (κ2) is 11.6. The van der Waals surface area contributed by atoms with E-state index in [0.29, 0.717) is 35.6 Å². The summed E-state index contributed by atoms with van der Waals surface area (Å²) in [7, 11) is 0. The van der Waals surface area contributed by atoms with Crippen molar-refractivity contribution in [1.29, 1.82) is 0 Å². The fraction of sp³-hybridized carbons (Fsp3) is 0.485. The number of aromatic nitrogens is 2. The Labute approximate surface area is 262 Å². The van der Waals surface area contributed by atoms with Gasteiger partial charge >= 0.3 is 6.36 Å². The number of piperidine rings is 1. The van der Waals surface area contributed by atoms with E-state index in [2.05, 4.69) is 20.1 Å². The predicted octanol–water partition coefficient (Wildman–Crippen LogP) is 8.01. The van der Waals surface area contributed by atoms with Crippen LogP contribution in [0.4, 0.5) is 18.3 Å². The van der Waals surface area contributed by atoms with Gasteiger partial charge < -0.3 is 24.2 Å². The van der Waals surface area contributed by atoms with E-state index in [0.717, 1.165) is 65.2 Å². The minimum absolute atomic E-state index is 0.00963. The molecule has 1 aliphatic carbocycles. The molecule has 2 unspecified atom stereocenters. The van der Waals surface area contributed by atoms with Crippen LogP contribution in [0.25, 0.3) is 21.5 Å². The number of fused-ring (bicyclic) bond motifs is 3. The Morgan fingerprint density at radius 3 is 2.51 bits per heavy atom. The molecular formula is C33H35F3N4O4S. The Bertz CT molecular complexity index is 1720. The van der Waals surface area contributed by atoms with Gasteiger partial charge in [-0.2, -0.15) is 0 Å². The van der Waals surface area contributed by atoms with E-state index in [-0.39, 0.29) is 35.2 Å². The summed E-state index contributed by atoms with van der Waals surface area (Å²) in [5, 5.41) is 8.91. The van der Waals surface area contributed by atoms with Crippen molar-refractivity contribution in [3.8, 4) is 22.8 Å². The molecule has 4 heterocycles. The van der Waals surface area contributed by atoms with E-state index >= 15 is 0 Å². The summed E-state index contributed by atoms with van der Waals surface area (Å²) >= 11 is 1.60. The first-order valence-electron chi connectivity index (χ1n) is 15.5. The lowest BCUT2D eigenvalue weighted by molar-refractivity contribution is -0.274. The van der Waals surface area contributed by atoms with E-state index in [1.165, 1.54) is 12.1 Å². The Morgan fingerprint density at radius 2 is 1.84 bits per heavy atom. The number of nitrogens with zero attached hydrogens (tertiary/aromatic N) is 3. The van der Waals surface area contributed by atoms with Crippen molar-refractivity contribution < 1.29 is 32.0 Å². The maximum atomic E-state index is 13.2. The molecule has 3 aliphatic rings. The first kappa shape index (κ1) is 30.0. The number of alkyl halides is 3. The molecular weight excluding hydrogens is 605 g/mol. The number of Topliss-reactive ketones (excluding diaryl/α,β-unsaturated/α-hetero) is 1. The van der Waals surface area contributed by atoms with Crippen LogP contribution in [0.15, 0.2) is 40.9 Å². The zero-order valence-corrected chi connectivity index (χ0v) is 26.1. The molecule has 238 valence electrons. The SMILES string of the molecule is CC(=O)c1cc(OC(C)C)c2nc(N3C4CCC3CC(NCc3c(-c5ccccc5OC(F)(F)F)noc3C3CC3)C4)sc2c1. The number of ketones is 1. The minimum atomic E-state index is -4.81. The molecule has 2 atom stereocenters. The van der Waals surface area contributed by atoms with Crippen molar-refractivity contribution in [1.82, 2.24) is 15.5 Å². The Hall–Kier alpha value is -3.64. The number of carbonyl (C=O) groups excluding carboxylic acids is 1. The molecule has 0 radical (unpaired) electrons. The average Bonchev–Trinajstić information content (AvgIpc) is 3.48. The van der Waals surface area contributed by atoms with Gasteiger partial charge in [0, 0.05) is 47.3 Å². The van der Waals surface area contributed by atoms with Crippen LogP contribution in [0.3, 0.4) is 0 Å². The zero-order chi connectivity index (χ0) is 31.5. The van der Waals surface area contributed by atoms with Crippen molar-refractivity contribution in [3.05, 3.63) is 53.3 Å². The number of para-hydroxylation sites is 1. The van der Waals surface area contributed by atoms with E-state index < -0.39 is 6.36 Å². The summed E-state index contributed by atoms with van der Waals surface area (Å²) in [5.41, 5.74) is 2.86. The molecule has 1 saturated carbocycles. The minimum Gasteiger partial charge on any atom is -0.489 e. The van der Waals surface area contributed by atoms with E-state index in [9.17, 15) is 18.0 Å². The van der Waals surface area contributed by atoms with Crippen LogP contribution in [-0.2, 0) is 6.54 Å². The van der Waals surface area contributed by atoms with Gasteiger partial charge in [0.05, 0.1) is 10.8 Å². The third-order valence-electron chi connectivity index (χ3n) is 8.87. The van der Waals surface area contributed by atoms with Gasteiger partial charge in [0.15, 0.2) is 10.9 Å². The largest absolute Gasteiger partial charge is 0.573 e. The monoisotopic (exact) mass is 640 g/mol. The van der Waals surface area contributed by atoms with E-state index in [1.54, 1.807) is 36.5 Å². The molecule has 2 bridgehead atoms. The fourth-order valence-corrected chi connectivity index (χ4v) is 7.96. The molecule has 3 fully saturated rings. The summed E-state index contributed by atoms with van der Waals surface area (Å²) in [6, 6.07) is 10.6. The number of thiazole rings is 1. The maximum Gasteiger partial charge on any atom is 0.573 e. The van der Waals surface area contributed by atoms with Gasteiger partial charge in [0.2, 0.25) is 0 Å². The number of anilines is 1. The maximum absolute atomic E-state index is 13.2. The Morgan fingerprint density at radius 1 is 1.11 bits per heavy atom. The van der Waals surface area contributed by atoms with Crippen molar-refractivity contribution in [2.75, 3.05) is 4.90 Å². The lowest BCUT2D eigenvalue weighted by atomic mass is 9.97. The van der Waals surface area contributed by atoms with Gasteiger partial charge in [-0.05, 0) is 83.6 Å². The van der Waals surface area contributed by atoms with Crippen LogP contribution in [0.5, 0.6) is 11.5 Å². The smallest absolute Gasteiger partial charge is 0.489 e. The molecule has 2 aliphatic heterocycles. The first-order chi connectivity index (χ1) is 21.5. The summed E-state index contributed by atoms with van der Waals surface area (Å²) in [5.74, 6) is 1.32. The molecule has 2 aromatic heterocycles. The van der Waals surface area contributed by atoms with Crippen molar-refractivity contribution in [2.24, 2.45) is 0 Å². The van der Waals surface area contributed by atoms with Crippen LogP contribution in [0.2, 0.25) is 0 Å². The number of hydrogen-bond acceptors (Lipinski definition) is 9. The molecule has 7 rings (SSSR count). The van der Waals surface area contributed by atoms with Crippen molar-refractivity contribution in [3.63, 3.8) is 0 Å². The quantitative estimate of drug-likeness (QED) is 0.175. The normalized spacial score (nSPS) is 21.6. The number of rotatable bonds is 10. The fourth-order valence-electron chi connectivity index (χ4n) is 6.79. The molecule has 2 saturated heterocycles. The van der Waals surface area contributed by atoms with Gasteiger partial charge in [-0.25, -0.2) is 4.98 Å². The highest BCUT2D eigenvalue weighted by Gasteiger charge is 2.43. The third kappa shape index (κ3) is 6.14. The molecule has 0 amide bonds. The third-order valence-corrected chi connectivity index (χ3v) is 9.89. The van der Waals surface area contributed by atoms with Gasteiger partial charge in [-0.15, -0.1) is 13.2 Å². The van der Waals surface area contributed by atoms with E-state index in [4.69, 9.17) is 14.2 Å². The van der Waals surface area contributed by atoms with Crippen LogP contribution in [0.1, 0.15) is 86.9 Å².